The first-order valence-corrected chi connectivity index (χ1v) is 8.99. The minimum absolute atomic E-state index is 0.613. The number of aliphatic carboxylic acids is 1. The summed E-state index contributed by atoms with van der Waals surface area (Å²) in [7, 11) is -0.681. The van der Waals surface area contributed by atoms with Gasteiger partial charge in [0.25, 0.3) is 0 Å². The fraction of sp³-hybridized carbons (Fsp3) is 0.0500. The maximum Gasteiger partial charge on any atom is 0.325 e. The van der Waals surface area contributed by atoms with Crippen LogP contribution in [0, 0.1) is 0 Å². The van der Waals surface area contributed by atoms with Crippen molar-refractivity contribution in [3.05, 3.63) is 90.5 Å². The molecule has 0 aromatic heterocycles. The third kappa shape index (κ3) is 3.53. The Labute approximate surface area is 142 Å². The molecular formula is C20H18NO2P. The topological polar surface area (TPSA) is 63.3 Å². The summed E-state index contributed by atoms with van der Waals surface area (Å²) in [6, 6.07) is 27.4. The van der Waals surface area contributed by atoms with Gasteiger partial charge in [-0.05, 0) is 29.4 Å². The second kappa shape index (κ2) is 7.39. The van der Waals surface area contributed by atoms with Crippen LogP contribution in [0.5, 0.6) is 0 Å². The highest BCUT2D eigenvalue weighted by Gasteiger charge is 2.18. The van der Waals surface area contributed by atoms with E-state index in [9.17, 15) is 4.79 Å². The van der Waals surface area contributed by atoms with Crippen LogP contribution >= 0.6 is 7.92 Å². The molecule has 0 bridgehead atoms. The average Bonchev–Trinajstić information content (AvgIpc) is 2.64. The molecule has 0 aliphatic heterocycles. The lowest BCUT2D eigenvalue weighted by atomic mass is 10.1. The summed E-state index contributed by atoms with van der Waals surface area (Å²) in [5.41, 5.74) is 6.31. The highest BCUT2D eigenvalue weighted by molar-refractivity contribution is 7.79. The van der Waals surface area contributed by atoms with Gasteiger partial charge in [0.2, 0.25) is 0 Å². The molecule has 3 rings (SSSR count). The average molecular weight is 335 g/mol. The van der Waals surface area contributed by atoms with Crippen LogP contribution in [0.25, 0.3) is 0 Å². The zero-order valence-electron chi connectivity index (χ0n) is 13.0. The predicted octanol–water partition coefficient (Wildman–Crippen LogP) is 2.53. The lowest BCUT2D eigenvalue weighted by Crippen LogP contribution is -2.23. The molecule has 0 radical (unpaired) electrons. The summed E-state index contributed by atoms with van der Waals surface area (Å²) < 4.78 is 0. The van der Waals surface area contributed by atoms with Crippen molar-refractivity contribution in [2.45, 2.75) is 6.04 Å². The van der Waals surface area contributed by atoms with Crippen molar-refractivity contribution in [1.29, 1.82) is 0 Å². The molecule has 1 atom stereocenters. The van der Waals surface area contributed by atoms with E-state index in [1.165, 1.54) is 15.9 Å². The fourth-order valence-corrected chi connectivity index (χ4v) is 4.86. The van der Waals surface area contributed by atoms with Gasteiger partial charge in [-0.25, -0.2) is 0 Å². The zero-order valence-corrected chi connectivity index (χ0v) is 13.9. The van der Waals surface area contributed by atoms with Crippen LogP contribution in [0.4, 0.5) is 0 Å². The predicted molar refractivity (Wildman–Crippen MR) is 99.7 cm³/mol. The minimum atomic E-state index is -1.02. The maximum atomic E-state index is 11.0. The van der Waals surface area contributed by atoms with E-state index in [0.29, 0.717) is 5.56 Å². The number of carboxylic acids is 1. The molecule has 4 heteroatoms. The van der Waals surface area contributed by atoms with Crippen LogP contribution < -0.4 is 21.6 Å². The van der Waals surface area contributed by atoms with Crippen molar-refractivity contribution >= 4 is 29.8 Å². The van der Waals surface area contributed by atoms with Crippen molar-refractivity contribution in [3.63, 3.8) is 0 Å². The molecule has 0 aliphatic rings. The highest BCUT2D eigenvalue weighted by Crippen LogP contribution is 2.32. The Bertz CT molecular complexity index is 765. The van der Waals surface area contributed by atoms with Gasteiger partial charge >= 0.3 is 5.97 Å². The van der Waals surface area contributed by atoms with E-state index >= 15 is 0 Å². The molecule has 24 heavy (non-hydrogen) atoms. The second-order valence-corrected chi connectivity index (χ2v) is 7.63. The standard InChI is InChI=1S/C20H18NO2P/c21-19(20(22)23)15-11-13-18(14-12-15)24(16-7-3-1-4-8-16)17-9-5-2-6-10-17/h1-14,19H,21H2,(H,22,23). The van der Waals surface area contributed by atoms with Crippen molar-refractivity contribution in [2.24, 2.45) is 5.73 Å². The smallest absolute Gasteiger partial charge is 0.325 e. The molecule has 3 aromatic carbocycles. The van der Waals surface area contributed by atoms with Gasteiger partial charge in [-0.1, -0.05) is 84.9 Å². The van der Waals surface area contributed by atoms with Crippen molar-refractivity contribution in [2.75, 3.05) is 0 Å². The summed E-state index contributed by atoms with van der Waals surface area (Å²) in [4.78, 5) is 11.0. The molecule has 3 aromatic rings. The molecule has 0 aliphatic carbocycles. The van der Waals surface area contributed by atoms with E-state index in [2.05, 4.69) is 24.3 Å². The van der Waals surface area contributed by atoms with Crippen molar-refractivity contribution in [1.82, 2.24) is 0 Å². The van der Waals surface area contributed by atoms with E-state index in [4.69, 9.17) is 10.8 Å². The molecular weight excluding hydrogens is 317 g/mol. The number of nitrogens with two attached hydrogens (primary N) is 1. The maximum absolute atomic E-state index is 11.0. The van der Waals surface area contributed by atoms with Gasteiger partial charge in [0.15, 0.2) is 0 Å². The lowest BCUT2D eigenvalue weighted by molar-refractivity contribution is -0.138. The summed E-state index contributed by atoms with van der Waals surface area (Å²) >= 11 is 0. The summed E-state index contributed by atoms with van der Waals surface area (Å²) in [5.74, 6) is -1.02. The first-order valence-electron chi connectivity index (χ1n) is 7.65. The molecule has 1 unspecified atom stereocenters. The number of carboxylic acid groups (broad SMARTS) is 1. The number of hydrogen-bond acceptors (Lipinski definition) is 2. The minimum Gasteiger partial charge on any atom is -0.480 e. The fourth-order valence-electron chi connectivity index (χ4n) is 2.57. The largest absolute Gasteiger partial charge is 0.480 e. The lowest BCUT2D eigenvalue weighted by Gasteiger charge is -2.20. The van der Waals surface area contributed by atoms with Gasteiger partial charge in [-0.15, -0.1) is 0 Å². The molecule has 0 saturated heterocycles. The Morgan fingerprint density at radius 3 is 1.58 bits per heavy atom. The van der Waals surface area contributed by atoms with Gasteiger partial charge in [0, 0.05) is 0 Å². The molecule has 0 saturated carbocycles. The number of benzene rings is 3. The van der Waals surface area contributed by atoms with Crippen LogP contribution in [0.15, 0.2) is 84.9 Å². The molecule has 0 spiro atoms. The van der Waals surface area contributed by atoms with Gasteiger partial charge in [0.1, 0.15) is 6.04 Å². The second-order valence-electron chi connectivity index (χ2n) is 5.41. The van der Waals surface area contributed by atoms with E-state index < -0.39 is 19.9 Å². The third-order valence-corrected chi connectivity index (χ3v) is 6.25. The molecule has 0 heterocycles. The van der Waals surface area contributed by atoms with Crippen LogP contribution in [-0.2, 0) is 4.79 Å². The molecule has 0 amide bonds. The summed E-state index contributed by atoms with van der Waals surface area (Å²) in [6.45, 7) is 0. The van der Waals surface area contributed by atoms with Crippen molar-refractivity contribution in [3.8, 4) is 0 Å². The van der Waals surface area contributed by atoms with Gasteiger partial charge < -0.3 is 10.8 Å². The highest BCUT2D eigenvalue weighted by atomic mass is 31.1. The van der Waals surface area contributed by atoms with E-state index in [-0.39, 0.29) is 0 Å². The van der Waals surface area contributed by atoms with E-state index in [1.807, 2.05) is 60.7 Å². The third-order valence-electron chi connectivity index (χ3n) is 3.81. The van der Waals surface area contributed by atoms with Crippen LogP contribution in [0.3, 0.4) is 0 Å². The van der Waals surface area contributed by atoms with E-state index in [0.717, 1.165) is 0 Å². The van der Waals surface area contributed by atoms with E-state index in [1.54, 1.807) is 0 Å². The van der Waals surface area contributed by atoms with Gasteiger partial charge in [-0.2, -0.15) is 0 Å². The van der Waals surface area contributed by atoms with Crippen molar-refractivity contribution < 1.29 is 9.90 Å². The monoisotopic (exact) mass is 335 g/mol. The van der Waals surface area contributed by atoms with Crippen LogP contribution in [0.2, 0.25) is 0 Å². The van der Waals surface area contributed by atoms with Crippen LogP contribution in [-0.4, -0.2) is 11.1 Å². The number of rotatable bonds is 5. The van der Waals surface area contributed by atoms with Gasteiger partial charge in [0.05, 0.1) is 0 Å². The molecule has 3 nitrogen and oxygen atoms in total. The SMILES string of the molecule is NC(C(=O)O)c1ccc(P(c2ccccc2)c2ccccc2)cc1. The molecule has 0 fully saturated rings. The normalized spacial score (nSPS) is 12.1. The zero-order chi connectivity index (χ0) is 16.9. The Hall–Kier alpha value is -2.48. The molecule has 120 valence electrons. The first kappa shape index (κ1) is 16.4. The summed E-state index contributed by atoms with van der Waals surface area (Å²) in [5, 5.41) is 12.7. The quantitative estimate of drug-likeness (QED) is 0.704. The van der Waals surface area contributed by atoms with Gasteiger partial charge in [-0.3, -0.25) is 4.79 Å². The number of hydrogen-bond donors (Lipinski definition) is 2. The first-order chi connectivity index (χ1) is 11.7. The Balaban J connectivity index is 2.02. The Morgan fingerprint density at radius 1 is 0.750 bits per heavy atom. The summed E-state index contributed by atoms with van der Waals surface area (Å²) in [6.07, 6.45) is 0. The van der Waals surface area contributed by atoms with Crippen LogP contribution in [0.1, 0.15) is 11.6 Å². The number of carbonyl (C=O) groups is 1. The Morgan fingerprint density at radius 2 is 1.17 bits per heavy atom. The molecule has 3 N–H and O–H groups in total. The Kier molecular flexibility index (Phi) is 5.05.